The molecule has 1 aliphatic heterocycles. The van der Waals surface area contributed by atoms with Crippen molar-refractivity contribution >= 4 is 29.0 Å². The maximum atomic E-state index is 12.4. The first-order chi connectivity index (χ1) is 11.5. The van der Waals surface area contributed by atoms with E-state index in [0.717, 1.165) is 31.2 Å². The summed E-state index contributed by atoms with van der Waals surface area (Å²) in [7, 11) is 0. The van der Waals surface area contributed by atoms with E-state index >= 15 is 0 Å². The third kappa shape index (κ3) is 3.96. The number of likely N-dealkylation sites (tertiary alicyclic amines) is 1. The fraction of sp³-hybridized carbons (Fsp3) is 0.632. The molecule has 0 radical (unpaired) electrons. The largest absolute Gasteiger partial charge is 0.385 e. The van der Waals surface area contributed by atoms with Crippen LogP contribution in [0.25, 0.3) is 0 Å². The molecule has 3 rings (SSSR count). The lowest BCUT2D eigenvalue weighted by molar-refractivity contribution is -0.130. The number of ketones is 1. The monoisotopic (exact) mass is 369 g/mol. The quantitative estimate of drug-likeness (QED) is 0.848. The van der Waals surface area contributed by atoms with Crippen molar-refractivity contribution in [3.8, 4) is 0 Å². The van der Waals surface area contributed by atoms with Crippen molar-refractivity contribution in [1.29, 1.82) is 0 Å². The molecule has 0 spiro atoms. The number of carbonyl (C=O) groups is 1. The summed E-state index contributed by atoms with van der Waals surface area (Å²) in [6.45, 7) is 3.49. The zero-order chi connectivity index (χ0) is 17.3. The summed E-state index contributed by atoms with van der Waals surface area (Å²) in [5.74, 6) is -0.0257. The van der Waals surface area contributed by atoms with Gasteiger partial charge in [0.05, 0.1) is 10.0 Å². The van der Waals surface area contributed by atoms with Crippen LogP contribution in [-0.4, -0.2) is 40.5 Å². The Hall–Kier alpha value is -0.610. The number of rotatable bonds is 5. The van der Waals surface area contributed by atoms with E-state index < -0.39 is 6.10 Å². The van der Waals surface area contributed by atoms with Gasteiger partial charge in [0.25, 0.3) is 0 Å². The Bertz CT molecular complexity index is 599. The number of aliphatic hydroxyl groups is 1. The predicted octanol–water partition coefficient (Wildman–Crippen LogP) is 4.12. The highest BCUT2D eigenvalue weighted by Gasteiger charge is 2.36. The maximum absolute atomic E-state index is 12.4. The van der Waals surface area contributed by atoms with Crippen molar-refractivity contribution in [3.63, 3.8) is 0 Å². The van der Waals surface area contributed by atoms with Gasteiger partial charge in [-0.05, 0) is 62.6 Å². The zero-order valence-corrected chi connectivity index (χ0v) is 15.6. The van der Waals surface area contributed by atoms with Gasteiger partial charge >= 0.3 is 0 Å². The van der Waals surface area contributed by atoms with E-state index in [1.54, 1.807) is 18.2 Å². The lowest BCUT2D eigenvalue weighted by Gasteiger charge is -2.47. The molecule has 2 fully saturated rings. The fourth-order valence-electron chi connectivity index (χ4n) is 4.05. The van der Waals surface area contributed by atoms with E-state index in [4.69, 9.17) is 23.2 Å². The molecule has 3 nitrogen and oxygen atoms in total. The second-order valence-electron chi connectivity index (χ2n) is 7.28. The Kier molecular flexibility index (Phi) is 5.86. The van der Waals surface area contributed by atoms with E-state index in [1.165, 1.54) is 13.0 Å². The van der Waals surface area contributed by atoms with Crippen LogP contribution >= 0.6 is 23.2 Å². The molecule has 0 bridgehead atoms. The number of halogens is 2. The minimum Gasteiger partial charge on any atom is -0.385 e. The van der Waals surface area contributed by atoms with Crippen LogP contribution in [0.15, 0.2) is 18.2 Å². The molecule has 0 amide bonds. The Balaban J connectivity index is 1.51. The third-order valence-electron chi connectivity index (χ3n) is 5.72. The van der Waals surface area contributed by atoms with Crippen LogP contribution in [0.5, 0.6) is 0 Å². The van der Waals surface area contributed by atoms with Crippen molar-refractivity contribution in [2.75, 3.05) is 6.54 Å². The molecule has 1 saturated heterocycles. The van der Waals surface area contributed by atoms with Crippen molar-refractivity contribution in [2.24, 2.45) is 5.92 Å². The second kappa shape index (κ2) is 7.74. The Morgan fingerprint density at radius 2 is 1.92 bits per heavy atom. The Morgan fingerprint density at radius 3 is 2.46 bits per heavy atom. The summed E-state index contributed by atoms with van der Waals surface area (Å²) in [6, 6.07) is 6.53. The summed E-state index contributed by atoms with van der Waals surface area (Å²) in [5.41, 5.74) is 0.802. The van der Waals surface area contributed by atoms with Crippen LogP contribution in [0, 0.1) is 5.92 Å². The first-order valence-electron chi connectivity index (χ1n) is 8.86. The van der Waals surface area contributed by atoms with E-state index in [9.17, 15) is 9.90 Å². The lowest BCUT2D eigenvalue weighted by atomic mass is 9.79. The molecule has 1 heterocycles. The summed E-state index contributed by atoms with van der Waals surface area (Å²) < 4.78 is 0. The van der Waals surface area contributed by atoms with Gasteiger partial charge in [-0.25, -0.2) is 0 Å². The number of hydrogen-bond acceptors (Lipinski definition) is 3. The molecule has 2 atom stereocenters. The SMILES string of the molecule is CC1CCN1C1CCC(C(O)C(=O)Cc2ccc(Cl)c(Cl)c2)CC1. The van der Waals surface area contributed by atoms with Gasteiger partial charge in [-0.15, -0.1) is 0 Å². The predicted molar refractivity (Wildman–Crippen MR) is 97.7 cm³/mol. The molecule has 1 saturated carbocycles. The van der Waals surface area contributed by atoms with E-state index in [1.807, 2.05) is 0 Å². The molecule has 0 aromatic heterocycles. The van der Waals surface area contributed by atoms with Gasteiger partial charge in [0.15, 0.2) is 5.78 Å². The first kappa shape index (κ1) is 18.2. The van der Waals surface area contributed by atoms with Crippen molar-refractivity contribution in [1.82, 2.24) is 4.90 Å². The molecule has 1 aromatic rings. The van der Waals surface area contributed by atoms with Gasteiger partial charge in [-0.2, -0.15) is 0 Å². The van der Waals surface area contributed by atoms with Crippen molar-refractivity contribution in [3.05, 3.63) is 33.8 Å². The number of carbonyl (C=O) groups excluding carboxylic acids is 1. The average molecular weight is 370 g/mol. The first-order valence-corrected chi connectivity index (χ1v) is 9.61. The standard InChI is InChI=1S/C19H25Cl2NO2/c1-12-8-9-22(12)15-5-3-14(4-6-15)19(24)18(23)11-13-2-7-16(20)17(21)10-13/h2,7,10,12,14-15,19,24H,3-6,8-9,11H2,1H3. The van der Waals surface area contributed by atoms with Gasteiger partial charge in [-0.1, -0.05) is 29.3 Å². The summed E-state index contributed by atoms with van der Waals surface area (Å²) in [6.07, 6.45) is 4.68. The molecule has 1 aromatic carbocycles. The highest BCUT2D eigenvalue weighted by atomic mass is 35.5. The van der Waals surface area contributed by atoms with E-state index in [2.05, 4.69) is 11.8 Å². The Labute approximate surface area is 153 Å². The van der Waals surface area contributed by atoms with Crippen LogP contribution in [0.2, 0.25) is 10.0 Å². The normalized spacial score (nSPS) is 29.1. The van der Waals surface area contributed by atoms with Crippen LogP contribution in [-0.2, 0) is 11.2 Å². The number of aliphatic hydroxyl groups excluding tert-OH is 1. The number of Topliss-reactive ketones (excluding diaryl/α,β-unsaturated/α-hetero) is 1. The second-order valence-corrected chi connectivity index (χ2v) is 8.09. The highest BCUT2D eigenvalue weighted by molar-refractivity contribution is 6.42. The molecular weight excluding hydrogens is 345 g/mol. The molecule has 24 heavy (non-hydrogen) atoms. The topological polar surface area (TPSA) is 40.5 Å². The number of hydrogen-bond donors (Lipinski definition) is 1. The van der Waals surface area contributed by atoms with Crippen LogP contribution in [0.1, 0.15) is 44.6 Å². The van der Waals surface area contributed by atoms with Gasteiger partial charge in [0.1, 0.15) is 6.10 Å². The molecule has 5 heteroatoms. The lowest BCUT2D eigenvalue weighted by Crippen LogP contribution is -2.53. The van der Waals surface area contributed by atoms with Crippen LogP contribution < -0.4 is 0 Å². The summed E-state index contributed by atoms with van der Waals surface area (Å²) in [5, 5.41) is 11.4. The molecular formula is C19H25Cl2NO2. The van der Waals surface area contributed by atoms with Crippen molar-refractivity contribution in [2.45, 2.75) is 63.6 Å². The van der Waals surface area contributed by atoms with E-state index in [-0.39, 0.29) is 18.1 Å². The van der Waals surface area contributed by atoms with Gasteiger partial charge in [0, 0.05) is 25.0 Å². The molecule has 1 N–H and O–H groups in total. The maximum Gasteiger partial charge on any atom is 0.165 e. The summed E-state index contributed by atoms with van der Waals surface area (Å²) in [4.78, 5) is 15.0. The number of benzene rings is 1. The minimum atomic E-state index is -0.866. The Morgan fingerprint density at radius 1 is 1.21 bits per heavy atom. The van der Waals surface area contributed by atoms with Gasteiger partial charge < -0.3 is 5.11 Å². The fourth-order valence-corrected chi connectivity index (χ4v) is 4.37. The molecule has 2 unspecified atom stereocenters. The van der Waals surface area contributed by atoms with Crippen LogP contribution in [0.3, 0.4) is 0 Å². The van der Waals surface area contributed by atoms with E-state index in [0.29, 0.717) is 22.1 Å². The minimum absolute atomic E-state index is 0.0908. The molecule has 1 aliphatic carbocycles. The molecule has 2 aliphatic rings. The molecule has 132 valence electrons. The third-order valence-corrected chi connectivity index (χ3v) is 6.46. The van der Waals surface area contributed by atoms with Gasteiger partial charge in [-0.3, -0.25) is 9.69 Å². The van der Waals surface area contributed by atoms with Gasteiger partial charge in [0.2, 0.25) is 0 Å². The number of nitrogens with zero attached hydrogens (tertiary/aromatic N) is 1. The van der Waals surface area contributed by atoms with Crippen molar-refractivity contribution < 1.29 is 9.90 Å². The smallest absolute Gasteiger partial charge is 0.165 e. The zero-order valence-electron chi connectivity index (χ0n) is 14.0. The average Bonchev–Trinajstić information content (AvgIpc) is 2.57. The highest BCUT2D eigenvalue weighted by Crippen LogP contribution is 2.34. The van der Waals surface area contributed by atoms with Crippen LogP contribution in [0.4, 0.5) is 0 Å². The summed E-state index contributed by atoms with van der Waals surface area (Å²) >= 11 is 11.9.